The molecule has 0 fully saturated rings. The van der Waals surface area contributed by atoms with Gasteiger partial charge in [-0.2, -0.15) is 0 Å². The van der Waals surface area contributed by atoms with E-state index in [4.69, 9.17) is 4.74 Å². The molecule has 0 saturated heterocycles. The molecule has 19 heavy (non-hydrogen) atoms. The third-order valence-electron chi connectivity index (χ3n) is 3.11. The summed E-state index contributed by atoms with van der Waals surface area (Å²) in [5.74, 6) is 0.588. The average molecular weight is 259 g/mol. The monoisotopic (exact) mass is 259 g/mol. The van der Waals surface area contributed by atoms with Crippen molar-refractivity contribution in [2.45, 2.75) is 19.4 Å². The number of halogens is 1. The molecule has 0 heterocycles. The highest BCUT2D eigenvalue weighted by molar-refractivity contribution is 5.40. The second-order valence-electron chi connectivity index (χ2n) is 4.32. The van der Waals surface area contributed by atoms with E-state index < -0.39 is 0 Å². The maximum atomic E-state index is 13.6. The molecule has 2 aromatic rings. The van der Waals surface area contributed by atoms with Crippen LogP contribution in [0.5, 0.6) is 11.5 Å². The van der Waals surface area contributed by atoms with Gasteiger partial charge in [0.2, 0.25) is 0 Å². The Labute approximate surface area is 113 Å². The van der Waals surface area contributed by atoms with Crippen molar-refractivity contribution in [2.24, 2.45) is 0 Å². The molecule has 0 aromatic heterocycles. The Kier molecular flexibility index (Phi) is 4.53. The third kappa shape index (κ3) is 3.12. The van der Waals surface area contributed by atoms with Crippen molar-refractivity contribution in [3.8, 4) is 11.5 Å². The summed E-state index contributed by atoms with van der Waals surface area (Å²) >= 11 is 0. The summed E-state index contributed by atoms with van der Waals surface area (Å²) in [5, 5.41) is 3.24. The molecule has 1 atom stereocenters. The molecule has 0 radical (unpaired) electrons. The van der Waals surface area contributed by atoms with Crippen LogP contribution in [0.15, 0.2) is 48.5 Å². The molecular formula is C16H18FNO. The van der Waals surface area contributed by atoms with Crippen molar-refractivity contribution >= 4 is 0 Å². The summed E-state index contributed by atoms with van der Waals surface area (Å²) in [7, 11) is 1.91. The topological polar surface area (TPSA) is 21.3 Å². The van der Waals surface area contributed by atoms with E-state index in [9.17, 15) is 4.39 Å². The molecule has 0 spiro atoms. The quantitative estimate of drug-likeness (QED) is 0.865. The third-order valence-corrected chi connectivity index (χ3v) is 3.11. The van der Waals surface area contributed by atoms with Gasteiger partial charge in [0.15, 0.2) is 11.6 Å². The number of nitrogens with one attached hydrogen (secondary N) is 1. The zero-order chi connectivity index (χ0) is 13.7. The number of para-hydroxylation sites is 2. The molecule has 0 saturated carbocycles. The van der Waals surface area contributed by atoms with Crippen LogP contribution in [0.2, 0.25) is 0 Å². The van der Waals surface area contributed by atoms with Gasteiger partial charge in [-0.15, -0.1) is 0 Å². The first-order valence-electron chi connectivity index (χ1n) is 6.44. The zero-order valence-corrected chi connectivity index (χ0v) is 11.2. The Morgan fingerprint density at radius 3 is 2.32 bits per heavy atom. The van der Waals surface area contributed by atoms with E-state index >= 15 is 0 Å². The van der Waals surface area contributed by atoms with Gasteiger partial charge in [-0.1, -0.05) is 37.3 Å². The molecule has 3 heteroatoms. The minimum absolute atomic E-state index is 0.197. The molecular weight excluding hydrogens is 241 g/mol. The highest BCUT2D eigenvalue weighted by atomic mass is 19.1. The number of hydrogen-bond acceptors (Lipinski definition) is 2. The van der Waals surface area contributed by atoms with Crippen molar-refractivity contribution in [1.82, 2.24) is 5.32 Å². The first-order valence-corrected chi connectivity index (χ1v) is 6.44. The van der Waals surface area contributed by atoms with E-state index in [0.717, 1.165) is 12.0 Å². The lowest BCUT2D eigenvalue weighted by Gasteiger charge is -2.18. The Hall–Kier alpha value is -1.87. The van der Waals surface area contributed by atoms with Crippen LogP contribution >= 0.6 is 0 Å². The predicted octanol–water partition coefficient (Wildman–Crippen LogP) is 4.29. The van der Waals surface area contributed by atoms with Gasteiger partial charge in [-0.05, 0) is 31.7 Å². The standard InChI is InChI=1S/C16H18FNO/c1-3-14(18-2)12-8-4-6-10-15(12)19-16-11-7-5-9-13(16)17/h4-11,14,18H,3H2,1-2H3. The average Bonchev–Trinajstić information content (AvgIpc) is 2.44. The smallest absolute Gasteiger partial charge is 0.165 e. The first kappa shape index (κ1) is 13.6. The first-order chi connectivity index (χ1) is 9.26. The van der Waals surface area contributed by atoms with Crippen LogP contribution in [-0.2, 0) is 0 Å². The van der Waals surface area contributed by atoms with Crippen molar-refractivity contribution in [2.75, 3.05) is 7.05 Å². The SMILES string of the molecule is CCC(NC)c1ccccc1Oc1ccccc1F. The van der Waals surface area contributed by atoms with Crippen molar-refractivity contribution in [3.63, 3.8) is 0 Å². The summed E-state index contributed by atoms with van der Waals surface area (Å²) in [6, 6.07) is 14.4. The van der Waals surface area contributed by atoms with Crippen molar-refractivity contribution in [3.05, 3.63) is 59.9 Å². The molecule has 2 aromatic carbocycles. The minimum atomic E-state index is -0.352. The van der Waals surface area contributed by atoms with E-state index in [1.54, 1.807) is 18.2 Å². The molecule has 1 unspecified atom stereocenters. The van der Waals surface area contributed by atoms with E-state index in [-0.39, 0.29) is 17.6 Å². The molecule has 1 N–H and O–H groups in total. The van der Waals surface area contributed by atoms with Gasteiger partial charge < -0.3 is 10.1 Å². The molecule has 0 amide bonds. The summed E-state index contributed by atoms with van der Waals surface area (Å²) in [6.45, 7) is 2.10. The Bertz CT molecular complexity index is 538. The van der Waals surface area contributed by atoms with Crippen LogP contribution in [-0.4, -0.2) is 7.05 Å². The molecule has 0 bridgehead atoms. The van der Waals surface area contributed by atoms with E-state index in [0.29, 0.717) is 5.75 Å². The number of rotatable bonds is 5. The van der Waals surface area contributed by atoms with Crippen LogP contribution in [0.1, 0.15) is 24.9 Å². The fourth-order valence-electron chi connectivity index (χ4n) is 2.09. The van der Waals surface area contributed by atoms with Gasteiger partial charge in [0.05, 0.1) is 0 Å². The Balaban J connectivity index is 2.33. The predicted molar refractivity (Wildman–Crippen MR) is 75.0 cm³/mol. The zero-order valence-electron chi connectivity index (χ0n) is 11.2. The number of benzene rings is 2. The van der Waals surface area contributed by atoms with Crippen LogP contribution in [0, 0.1) is 5.82 Å². The normalized spacial score (nSPS) is 12.2. The van der Waals surface area contributed by atoms with Gasteiger partial charge in [0, 0.05) is 11.6 Å². The van der Waals surface area contributed by atoms with Gasteiger partial charge in [0.1, 0.15) is 5.75 Å². The van der Waals surface area contributed by atoms with Crippen LogP contribution in [0.4, 0.5) is 4.39 Å². The summed E-state index contributed by atoms with van der Waals surface area (Å²) in [6.07, 6.45) is 0.939. The lowest BCUT2D eigenvalue weighted by molar-refractivity contribution is 0.428. The maximum absolute atomic E-state index is 13.6. The molecule has 0 aliphatic heterocycles. The van der Waals surface area contributed by atoms with Crippen molar-refractivity contribution in [1.29, 1.82) is 0 Å². The fraction of sp³-hybridized carbons (Fsp3) is 0.250. The molecule has 100 valence electrons. The van der Waals surface area contributed by atoms with Gasteiger partial charge >= 0.3 is 0 Å². The Morgan fingerprint density at radius 2 is 1.68 bits per heavy atom. The second-order valence-corrected chi connectivity index (χ2v) is 4.32. The number of ether oxygens (including phenoxy) is 1. The van der Waals surface area contributed by atoms with Crippen LogP contribution < -0.4 is 10.1 Å². The summed E-state index contributed by atoms with van der Waals surface area (Å²) in [5.41, 5.74) is 1.04. The lowest BCUT2D eigenvalue weighted by Crippen LogP contribution is -2.15. The minimum Gasteiger partial charge on any atom is -0.454 e. The van der Waals surface area contributed by atoms with E-state index in [2.05, 4.69) is 12.2 Å². The molecule has 2 rings (SSSR count). The van der Waals surface area contributed by atoms with E-state index in [1.165, 1.54) is 6.07 Å². The highest BCUT2D eigenvalue weighted by Gasteiger charge is 2.13. The lowest BCUT2D eigenvalue weighted by atomic mass is 10.0. The van der Waals surface area contributed by atoms with Crippen molar-refractivity contribution < 1.29 is 9.13 Å². The van der Waals surface area contributed by atoms with Gasteiger partial charge in [-0.25, -0.2) is 4.39 Å². The van der Waals surface area contributed by atoms with E-state index in [1.807, 2.05) is 31.3 Å². The summed E-state index contributed by atoms with van der Waals surface area (Å²) in [4.78, 5) is 0. The largest absolute Gasteiger partial charge is 0.454 e. The maximum Gasteiger partial charge on any atom is 0.165 e. The second kappa shape index (κ2) is 6.34. The van der Waals surface area contributed by atoms with Gasteiger partial charge in [0.25, 0.3) is 0 Å². The Morgan fingerprint density at radius 1 is 1.05 bits per heavy atom. The molecule has 0 aliphatic rings. The van der Waals surface area contributed by atoms with Crippen LogP contribution in [0.3, 0.4) is 0 Å². The summed E-state index contributed by atoms with van der Waals surface area (Å²) < 4.78 is 19.3. The van der Waals surface area contributed by atoms with Gasteiger partial charge in [-0.3, -0.25) is 0 Å². The van der Waals surface area contributed by atoms with Crippen LogP contribution in [0.25, 0.3) is 0 Å². The fourth-order valence-corrected chi connectivity index (χ4v) is 2.09. The highest BCUT2D eigenvalue weighted by Crippen LogP contribution is 2.31. The number of hydrogen-bond donors (Lipinski definition) is 1. The molecule has 0 aliphatic carbocycles. The molecule has 2 nitrogen and oxygen atoms in total.